The van der Waals surface area contributed by atoms with Gasteiger partial charge in [0.1, 0.15) is 0 Å². The second-order valence-corrected chi connectivity index (χ2v) is 4.67. The van der Waals surface area contributed by atoms with Gasteiger partial charge in [0, 0.05) is 13.1 Å². The van der Waals surface area contributed by atoms with Crippen LogP contribution in [0.1, 0.15) is 27.2 Å². The van der Waals surface area contributed by atoms with Crippen LogP contribution in [-0.4, -0.2) is 60.1 Å². The van der Waals surface area contributed by atoms with Gasteiger partial charge in [-0.1, -0.05) is 26.8 Å². The first-order valence-corrected chi connectivity index (χ1v) is 6.83. The Morgan fingerprint density at radius 2 is 1.83 bits per heavy atom. The van der Waals surface area contributed by atoms with Crippen LogP contribution in [0.3, 0.4) is 0 Å². The lowest BCUT2D eigenvalue weighted by molar-refractivity contribution is -0.141. The fraction of sp³-hybridized carbons (Fsp3) is 0.786. The Kier molecular flexibility index (Phi) is 9.60. The molecule has 0 amide bonds. The lowest BCUT2D eigenvalue weighted by Gasteiger charge is -2.24. The molecule has 0 aliphatic rings. The molecule has 0 saturated carbocycles. The minimum atomic E-state index is -0.729. The second-order valence-electron chi connectivity index (χ2n) is 4.67. The Balaban J connectivity index is 4.03. The Morgan fingerprint density at radius 1 is 1.28 bits per heavy atom. The Labute approximate surface area is 111 Å². The standard InChI is InChI=1S/C14H28N2O2/c1-5-9-16(12-13(4)14(17)18)11-8-10-15(6-2)7-3/h5,13H,1,6-12H2,2-4H3,(H,17,18). The van der Waals surface area contributed by atoms with Crippen molar-refractivity contribution in [1.82, 2.24) is 9.80 Å². The lowest BCUT2D eigenvalue weighted by Crippen LogP contribution is -2.34. The van der Waals surface area contributed by atoms with Gasteiger partial charge in [0.15, 0.2) is 0 Å². The summed E-state index contributed by atoms with van der Waals surface area (Å²) < 4.78 is 0. The van der Waals surface area contributed by atoms with Crippen molar-refractivity contribution in [3.05, 3.63) is 12.7 Å². The molecule has 1 unspecified atom stereocenters. The maximum absolute atomic E-state index is 10.9. The van der Waals surface area contributed by atoms with E-state index in [9.17, 15) is 4.79 Å². The third-order valence-electron chi connectivity index (χ3n) is 3.18. The number of aliphatic carboxylic acids is 1. The molecule has 0 radical (unpaired) electrons. The van der Waals surface area contributed by atoms with Crippen LogP contribution in [-0.2, 0) is 4.79 Å². The van der Waals surface area contributed by atoms with Crippen molar-refractivity contribution in [3.63, 3.8) is 0 Å². The van der Waals surface area contributed by atoms with Gasteiger partial charge in [-0.3, -0.25) is 9.69 Å². The number of hydrogen-bond donors (Lipinski definition) is 1. The van der Waals surface area contributed by atoms with E-state index in [0.29, 0.717) is 6.54 Å². The molecular formula is C14H28N2O2. The summed E-state index contributed by atoms with van der Waals surface area (Å²) in [5, 5.41) is 8.93. The first-order valence-electron chi connectivity index (χ1n) is 6.83. The van der Waals surface area contributed by atoms with Crippen LogP contribution >= 0.6 is 0 Å². The zero-order chi connectivity index (χ0) is 14.0. The molecule has 4 heteroatoms. The summed E-state index contributed by atoms with van der Waals surface area (Å²) in [5.41, 5.74) is 0. The van der Waals surface area contributed by atoms with Gasteiger partial charge in [0.05, 0.1) is 5.92 Å². The minimum absolute atomic E-state index is 0.321. The monoisotopic (exact) mass is 256 g/mol. The molecule has 0 spiro atoms. The normalized spacial score (nSPS) is 12.9. The van der Waals surface area contributed by atoms with Crippen LogP contribution in [0.2, 0.25) is 0 Å². The maximum Gasteiger partial charge on any atom is 0.307 e. The number of rotatable bonds is 11. The van der Waals surface area contributed by atoms with Gasteiger partial charge in [-0.05, 0) is 32.6 Å². The van der Waals surface area contributed by atoms with Crippen LogP contribution in [0.5, 0.6) is 0 Å². The van der Waals surface area contributed by atoms with Crippen molar-refractivity contribution in [2.75, 3.05) is 39.3 Å². The molecule has 0 aliphatic heterocycles. The minimum Gasteiger partial charge on any atom is -0.481 e. The van der Waals surface area contributed by atoms with Crippen molar-refractivity contribution in [2.24, 2.45) is 5.92 Å². The summed E-state index contributed by atoms with van der Waals surface area (Å²) in [4.78, 5) is 15.4. The number of carboxylic acids is 1. The summed E-state index contributed by atoms with van der Waals surface area (Å²) in [7, 11) is 0. The molecule has 1 N–H and O–H groups in total. The highest BCUT2D eigenvalue weighted by Gasteiger charge is 2.15. The van der Waals surface area contributed by atoms with E-state index in [4.69, 9.17) is 5.11 Å². The Morgan fingerprint density at radius 3 is 2.28 bits per heavy atom. The topological polar surface area (TPSA) is 43.8 Å². The van der Waals surface area contributed by atoms with Crippen molar-refractivity contribution >= 4 is 5.97 Å². The fourth-order valence-corrected chi connectivity index (χ4v) is 1.96. The zero-order valence-electron chi connectivity index (χ0n) is 12.1. The predicted octanol–water partition coefficient (Wildman–Crippen LogP) is 1.93. The fourth-order valence-electron chi connectivity index (χ4n) is 1.96. The van der Waals surface area contributed by atoms with E-state index in [-0.39, 0.29) is 5.92 Å². The van der Waals surface area contributed by atoms with Crippen molar-refractivity contribution in [3.8, 4) is 0 Å². The lowest BCUT2D eigenvalue weighted by atomic mass is 10.1. The van der Waals surface area contributed by atoms with Crippen LogP contribution < -0.4 is 0 Å². The first kappa shape index (κ1) is 17.1. The molecule has 106 valence electrons. The average molecular weight is 256 g/mol. The summed E-state index contributed by atoms with van der Waals surface area (Å²) in [6.45, 7) is 15.3. The van der Waals surface area contributed by atoms with E-state index < -0.39 is 5.97 Å². The molecule has 0 saturated heterocycles. The number of hydrogen-bond acceptors (Lipinski definition) is 3. The molecule has 18 heavy (non-hydrogen) atoms. The van der Waals surface area contributed by atoms with E-state index in [1.807, 2.05) is 6.08 Å². The van der Waals surface area contributed by atoms with Crippen LogP contribution in [0.25, 0.3) is 0 Å². The number of carbonyl (C=O) groups is 1. The van der Waals surface area contributed by atoms with Crippen LogP contribution in [0.4, 0.5) is 0 Å². The largest absolute Gasteiger partial charge is 0.481 e. The molecule has 0 heterocycles. The smallest absolute Gasteiger partial charge is 0.307 e. The highest BCUT2D eigenvalue weighted by atomic mass is 16.4. The van der Waals surface area contributed by atoms with Crippen molar-refractivity contribution < 1.29 is 9.90 Å². The van der Waals surface area contributed by atoms with Crippen molar-refractivity contribution in [1.29, 1.82) is 0 Å². The average Bonchev–Trinajstić information content (AvgIpc) is 2.34. The molecule has 0 aromatic carbocycles. The molecule has 0 fully saturated rings. The van der Waals surface area contributed by atoms with Crippen LogP contribution in [0, 0.1) is 5.92 Å². The molecular weight excluding hydrogens is 228 g/mol. The Bertz CT molecular complexity index is 240. The van der Waals surface area contributed by atoms with E-state index in [1.165, 1.54) is 0 Å². The van der Waals surface area contributed by atoms with E-state index >= 15 is 0 Å². The highest BCUT2D eigenvalue weighted by Crippen LogP contribution is 2.02. The van der Waals surface area contributed by atoms with Gasteiger partial charge in [0.25, 0.3) is 0 Å². The van der Waals surface area contributed by atoms with Gasteiger partial charge < -0.3 is 10.0 Å². The van der Waals surface area contributed by atoms with Gasteiger partial charge in [-0.25, -0.2) is 0 Å². The Hall–Kier alpha value is -0.870. The predicted molar refractivity (Wildman–Crippen MR) is 75.8 cm³/mol. The van der Waals surface area contributed by atoms with Crippen molar-refractivity contribution in [2.45, 2.75) is 27.2 Å². The molecule has 0 aromatic rings. The van der Waals surface area contributed by atoms with Crippen LogP contribution in [0.15, 0.2) is 12.7 Å². The molecule has 1 atom stereocenters. The highest BCUT2D eigenvalue weighted by molar-refractivity contribution is 5.69. The summed E-state index contributed by atoms with van der Waals surface area (Å²) in [6, 6.07) is 0. The molecule has 0 aliphatic carbocycles. The molecule has 0 rings (SSSR count). The zero-order valence-corrected chi connectivity index (χ0v) is 12.1. The van der Waals surface area contributed by atoms with Gasteiger partial charge >= 0.3 is 5.97 Å². The quantitative estimate of drug-likeness (QED) is 0.574. The third kappa shape index (κ3) is 7.45. The summed E-state index contributed by atoms with van der Waals surface area (Å²) in [5.74, 6) is -1.05. The van der Waals surface area contributed by atoms with E-state index in [0.717, 1.165) is 39.1 Å². The summed E-state index contributed by atoms with van der Waals surface area (Å²) in [6.07, 6.45) is 2.91. The summed E-state index contributed by atoms with van der Waals surface area (Å²) >= 11 is 0. The van der Waals surface area contributed by atoms with Gasteiger partial charge in [-0.15, -0.1) is 6.58 Å². The molecule has 0 aromatic heterocycles. The number of nitrogens with zero attached hydrogens (tertiary/aromatic N) is 2. The van der Waals surface area contributed by atoms with E-state index in [1.54, 1.807) is 6.92 Å². The molecule has 4 nitrogen and oxygen atoms in total. The molecule has 0 bridgehead atoms. The number of carboxylic acid groups (broad SMARTS) is 1. The SMILES string of the molecule is C=CCN(CCCN(CC)CC)CC(C)C(=O)O. The van der Waals surface area contributed by atoms with E-state index in [2.05, 4.69) is 30.2 Å². The maximum atomic E-state index is 10.9. The second kappa shape index (κ2) is 10.1. The van der Waals surface area contributed by atoms with Gasteiger partial charge in [-0.2, -0.15) is 0 Å². The third-order valence-corrected chi connectivity index (χ3v) is 3.18. The first-order chi connectivity index (χ1) is 8.54. The van der Waals surface area contributed by atoms with Gasteiger partial charge in [0.2, 0.25) is 0 Å².